The SMILES string of the molecule is CCN(CC(N)=O)C1CCCC1. The zero-order chi connectivity index (χ0) is 8.97. The molecule has 0 heterocycles. The van der Waals surface area contributed by atoms with E-state index in [0.29, 0.717) is 12.6 Å². The van der Waals surface area contributed by atoms with Crippen LogP contribution in [-0.4, -0.2) is 29.9 Å². The van der Waals surface area contributed by atoms with Crippen LogP contribution in [0.25, 0.3) is 0 Å². The summed E-state index contributed by atoms with van der Waals surface area (Å²) < 4.78 is 0. The van der Waals surface area contributed by atoms with Crippen molar-refractivity contribution in [1.82, 2.24) is 4.90 Å². The van der Waals surface area contributed by atoms with E-state index in [9.17, 15) is 4.79 Å². The molecule has 2 N–H and O–H groups in total. The van der Waals surface area contributed by atoms with Crippen LogP contribution < -0.4 is 5.73 Å². The van der Waals surface area contributed by atoms with Crippen molar-refractivity contribution in [3.05, 3.63) is 0 Å². The highest BCUT2D eigenvalue weighted by Crippen LogP contribution is 2.22. The van der Waals surface area contributed by atoms with E-state index in [1.165, 1.54) is 25.7 Å². The Kier molecular flexibility index (Phi) is 3.53. The van der Waals surface area contributed by atoms with Crippen molar-refractivity contribution >= 4 is 5.91 Å². The van der Waals surface area contributed by atoms with Crippen LogP contribution in [0.1, 0.15) is 32.6 Å². The van der Waals surface area contributed by atoms with Gasteiger partial charge in [-0.3, -0.25) is 9.69 Å². The van der Waals surface area contributed by atoms with E-state index in [2.05, 4.69) is 11.8 Å². The first-order valence-corrected chi connectivity index (χ1v) is 4.76. The summed E-state index contributed by atoms with van der Waals surface area (Å²) in [5, 5.41) is 0. The largest absolute Gasteiger partial charge is 0.369 e. The van der Waals surface area contributed by atoms with Crippen molar-refractivity contribution in [2.24, 2.45) is 5.73 Å². The first-order valence-electron chi connectivity index (χ1n) is 4.76. The first-order chi connectivity index (χ1) is 5.74. The van der Waals surface area contributed by atoms with Gasteiger partial charge in [0, 0.05) is 6.04 Å². The van der Waals surface area contributed by atoms with Crippen LogP contribution in [-0.2, 0) is 4.79 Å². The van der Waals surface area contributed by atoms with Crippen molar-refractivity contribution in [1.29, 1.82) is 0 Å². The van der Waals surface area contributed by atoms with Crippen molar-refractivity contribution in [3.63, 3.8) is 0 Å². The molecule has 3 heteroatoms. The summed E-state index contributed by atoms with van der Waals surface area (Å²) in [6.07, 6.45) is 5.09. The average Bonchev–Trinajstić information content (AvgIpc) is 2.51. The average molecular weight is 170 g/mol. The van der Waals surface area contributed by atoms with E-state index in [0.717, 1.165) is 6.54 Å². The molecule has 0 radical (unpaired) electrons. The molecule has 0 spiro atoms. The minimum Gasteiger partial charge on any atom is -0.369 e. The molecule has 1 aliphatic rings. The Morgan fingerprint density at radius 1 is 1.50 bits per heavy atom. The zero-order valence-corrected chi connectivity index (χ0v) is 7.75. The molecular weight excluding hydrogens is 152 g/mol. The standard InChI is InChI=1S/C9H18N2O/c1-2-11(7-9(10)12)8-5-3-4-6-8/h8H,2-7H2,1H3,(H2,10,12). The molecule has 0 aliphatic heterocycles. The molecule has 0 aromatic rings. The molecule has 0 aromatic carbocycles. The van der Waals surface area contributed by atoms with Gasteiger partial charge in [-0.25, -0.2) is 0 Å². The van der Waals surface area contributed by atoms with Gasteiger partial charge in [0.25, 0.3) is 0 Å². The lowest BCUT2D eigenvalue weighted by Crippen LogP contribution is -2.39. The summed E-state index contributed by atoms with van der Waals surface area (Å²) in [5.74, 6) is -0.205. The quantitative estimate of drug-likeness (QED) is 0.676. The number of amides is 1. The van der Waals surface area contributed by atoms with Gasteiger partial charge in [0.05, 0.1) is 6.54 Å². The molecule has 1 aliphatic carbocycles. The molecule has 0 unspecified atom stereocenters. The number of likely N-dealkylation sites (N-methyl/N-ethyl adjacent to an activating group) is 1. The van der Waals surface area contributed by atoms with Crippen LogP contribution in [0.3, 0.4) is 0 Å². The number of carbonyl (C=O) groups is 1. The molecule has 70 valence electrons. The summed E-state index contributed by atoms with van der Waals surface area (Å²) in [6, 6.07) is 0.613. The van der Waals surface area contributed by atoms with Crippen molar-refractivity contribution < 1.29 is 4.79 Å². The number of nitrogens with two attached hydrogens (primary N) is 1. The number of hydrogen-bond acceptors (Lipinski definition) is 2. The molecule has 0 saturated heterocycles. The van der Waals surface area contributed by atoms with Gasteiger partial charge in [0.2, 0.25) is 5.91 Å². The third kappa shape index (κ3) is 2.48. The lowest BCUT2D eigenvalue weighted by molar-refractivity contribution is -0.119. The molecule has 1 amide bonds. The van der Waals surface area contributed by atoms with Crippen LogP contribution in [0, 0.1) is 0 Å². The number of primary amides is 1. The van der Waals surface area contributed by atoms with Gasteiger partial charge in [-0.05, 0) is 19.4 Å². The Bertz CT molecular complexity index is 153. The lowest BCUT2D eigenvalue weighted by Gasteiger charge is -2.25. The highest BCUT2D eigenvalue weighted by atomic mass is 16.1. The molecule has 3 nitrogen and oxygen atoms in total. The summed E-state index contributed by atoms with van der Waals surface area (Å²) in [5.41, 5.74) is 5.16. The Balaban J connectivity index is 2.37. The van der Waals surface area contributed by atoms with Gasteiger partial charge in [-0.15, -0.1) is 0 Å². The molecule has 12 heavy (non-hydrogen) atoms. The van der Waals surface area contributed by atoms with Crippen LogP contribution >= 0.6 is 0 Å². The van der Waals surface area contributed by atoms with Crippen LogP contribution in [0.5, 0.6) is 0 Å². The van der Waals surface area contributed by atoms with E-state index in [1.54, 1.807) is 0 Å². The fourth-order valence-corrected chi connectivity index (χ4v) is 1.97. The van der Waals surface area contributed by atoms with Crippen LogP contribution in [0.4, 0.5) is 0 Å². The van der Waals surface area contributed by atoms with E-state index < -0.39 is 0 Å². The zero-order valence-electron chi connectivity index (χ0n) is 7.75. The lowest BCUT2D eigenvalue weighted by atomic mass is 10.2. The fraction of sp³-hybridized carbons (Fsp3) is 0.889. The number of rotatable bonds is 4. The highest BCUT2D eigenvalue weighted by Gasteiger charge is 2.21. The number of nitrogens with zero attached hydrogens (tertiary/aromatic N) is 1. The molecule has 0 bridgehead atoms. The fourth-order valence-electron chi connectivity index (χ4n) is 1.97. The predicted molar refractivity (Wildman–Crippen MR) is 48.7 cm³/mol. The normalized spacial score (nSPS) is 18.8. The molecule has 1 fully saturated rings. The van der Waals surface area contributed by atoms with Crippen LogP contribution in [0.2, 0.25) is 0 Å². The molecule has 0 atom stereocenters. The first kappa shape index (κ1) is 9.52. The van der Waals surface area contributed by atoms with Gasteiger partial charge in [-0.1, -0.05) is 19.8 Å². The van der Waals surface area contributed by atoms with E-state index in [-0.39, 0.29) is 5.91 Å². The second-order valence-corrected chi connectivity index (χ2v) is 3.47. The van der Waals surface area contributed by atoms with Gasteiger partial charge >= 0.3 is 0 Å². The molecular formula is C9H18N2O. The van der Waals surface area contributed by atoms with Gasteiger partial charge in [-0.2, -0.15) is 0 Å². The van der Waals surface area contributed by atoms with Gasteiger partial charge in [0.15, 0.2) is 0 Å². The third-order valence-electron chi connectivity index (χ3n) is 2.61. The summed E-state index contributed by atoms with van der Waals surface area (Å²) in [6.45, 7) is 3.45. The highest BCUT2D eigenvalue weighted by molar-refractivity contribution is 5.75. The summed E-state index contributed by atoms with van der Waals surface area (Å²) in [4.78, 5) is 12.9. The maximum absolute atomic E-state index is 10.7. The predicted octanol–water partition coefficient (Wildman–Crippen LogP) is 0.736. The van der Waals surface area contributed by atoms with Crippen molar-refractivity contribution in [2.45, 2.75) is 38.6 Å². The van der Waals surface area contributed by atoms with Crippen molar-refractivity contribution in [2.75, 3.05) is 13.1 Å². The molecule has 1 saturated carbocycles. The van der Waals surface area contributed by atoms with Crippen molar-refractivity contribution in [3.8, 4) is 0 Å². The summed E-state index contributed by atoms with van der Waals surface area (Å²) >= 11 is 0. The molecule has 1 rings (SSSR count). The smallest absolute Gasteiger partial charge is 0.231 e. The minimum atomic E-state index is -0.205. The van der Waals surface area contributed by atoms with E-state index in [4.69, 9.17) is 5.73 Å². The Morgan fingerprint density at radius 3 is 2.50 bits per heavy atom. The second kappa shape index (κ2) is 4.45. The van der Waals surface area contributed by atoms with Gasteiger partial charge < -0.3 is 5.73 Å². The van der Waals surface area contributed by atoms with Crippen LogP contribution in [0.15, 0.2) is 0 Å². The van der Waals surface area contributed by atoms with E-state index in [1.807, 2.05) is 0 Å². The maximum atomic E-state index is 10.7. The Labute approximate surface area is 73.9 Å². The number of carbonyl (C=O) groups excluding carboxylic acids is 1. The topological polar surface area (TPSA) is 46.3 Å². The third-order valence-corrected chi connectivity index (χ3v) is 2.61. The summed E-state index contributed by atoms with van der Waals surface area (Å²) in [7, 11) is 0. The van der Waals surface area contributed by atoms with Gasteiger partial charge in [0.1, 0.15) is 0 Å². The number of hydrogen-bond donors (Lipinski definition) is 1. The monoisotopic (exact) mass is 170 g/mol. The molecule has 0 aromatic heterocycles. The van der Waals surface area contributed by atoms with E-state index >= 15 is 0 Å². The maximum Gasteiger partial charge on any atom is 0.231 e. The minimum absolute atomic E-state index is 0.205. The Hall–Kier alpha value is -0.570. The second-order valence-electron chi connectivity index (χ2n) is 3.47. The Morgan fingerprint density at radius 2 is 2.08 bits per heavy atom.